The highest BCUT2D eigenvalue weighted by molar-refractivity contribution is 5.81. The van der Waals surface area contributed by atoms with Crippen LogP contribution in [0.3, 0.4) is 0 Å². The number of benzene rings is 11. The van der Waals surface area contributed by atoms with Crippen molar-refractivity contribution in [3.8, 4) is 66.8 Å². The van der Waals surface area contributed by atoms with Gasteiger partial charge in [0.25, 0.3) is 0 Å². The van der Waals surface area contributed by atoms with E-state index in [0.29, 0.717) is 27.8 Å². The molecule has 4 fully saturated rings. The first-order chi connectivity index (χ1) is 61.8. The number of hydrogen-bond donors (Lipinski definition) is 0. The van der Waals surface area contributed by atoms with Gasteiger partial charge in [0.1, 0.15) is 0 Å². The van der Waals surface area contributed by atoms with Crippen molar-refractivity contribution >= 4 is 0 Å². The normalized spacial score (nSPS) is 18.7. The maximum absolute atomic E-state index is 9.20. The highest BCUT2D eigenvalue weighted by Gasteiger charge is 2.33. The Morgan fingerprint density at radius 2 is 0.580 bits per heavy atom. The van der Waals surface area contributed by atoms with E-state index in [9.17, 15) is 2.74 Å². The Morgan fingerprint density at radius 3 is 0.973 bits per heavy atom. The molecule has 0 saturated heterocycles. The average molecular weight is 1500 g/mol. The summed E-state index contributed by atoms with van der Waals surface area (Å²) in [7, 11) is 0. The second-order valence-electron chi connectivity index (χ2n) is 36.8. The summed E-state index contributed by atoms with van der Waals surface area (Å²) < 4.78 is 166. The van der Waals surface area contributed by atoms with Crippen LogP contribution in [0.25, 0.3) is 66.8 Å². The lowest BCUT2D eigenvalue weighted by Gasteiger charge is -2.35. The number of rotatable bonds is 10. The minimum absolute atomic E-state index is 0.0110. The third-order valence-electron chi connectivity index (χ3n) is 22.7. The Bertz CT molecular complexity index is 5540. The molecule has 0 heteroatoms. The molecule has 0 N–H and O–H groups in total. The van der Waals surface area contributed by atoms with Gasteiger partial charge in [0, 0.05) is 2.74 Å². The highest BCUT2D eigenvalue weighted by atomic mass is 14.4. The van der Waals surface area contributed by atoms with E-state index in [1.54, 1.807) is 60.0 Å². The SMILES string of the molecule is CC(C)(C)c1c(C2CCCCC2)cccc1C1CCCCC1.CC(C)(C)c1cc(-c2ccccc2)cc(-c2ccccc2)c1.[2H]C1(c2cccc(C3([2H])CCCCC3)c2C(C)(C)C)CCCCC1.[2H]c1c([2H])c([2H])c(-c2cc(-c3c([2H])c([2H])c(C)c([2H])c3[2H])cc(C(C)(C)C)c2)c([2H])c1[2H].[2H]c1c([2H])c([2H])c(-c2cccc(-c3c([2H])c([2H])c([2H])c(C)c3[2H])c2C(C)(C)C)c([2H])c1[2H]. The summed E-state index contributed by atoms with van der Waals surface area (Å²) in [5.74, 6) is 0.766. The van der Waals surface area contributed by atoms with Crippen LogP contribution >= 0.6 is 0 Å². The largest absolute Gasteiger partial charge is 0.0632 e. The summed E-state index contributed by atoms with van der Waals surface area (Å²) >= 11 is 0. The zero-order valence-electron chi connectivity index (χ0n) is 90.7. The van der Waals surface area contributed by atoms with Crippen molar-refractivity contribution < 1.29 is 27.4 Å². The van der Waals surface area contributed by atoms with Gasteiger partial charge < -0.3 is 0 Å². The molecular weight excluding hydrogens is 1350 g/mol. The maximum atomic E-state index is 9.20. The summed E-state index contributed by atoms with van der Waals surface area (Å²) in [6, 6.07) is 46.8. The van der Waals surface area contributed by atoms with Crippen molar-refractivity contribution in [2.24, 2.45) is 0 Å². The van der Waals surface area contributed by atoms with E-state index in [2.05, 4.69) is 178 Å². The van der Waals surface area contributed by atoms with E-state index in [1.165, 1.54) is 154 Å². The van der Waals surface area contributed by atoms with E-state index in [0.717, 1.165) is 43.1 Å². The van der Waals surface area contributed by atoms with Gasteiger partial charge in [-0.25, -0.2) is 0 Å². The van der Waals surface area contributed by atoms with Gasteiger partial charge in [-0.1, -0.05) is 440 Å². The van der Waals surface area contributed by atoms with E-state index in [1.807, 2.05) is 41.5 Å². The molecule has 112 heavy (non-hydrogen) atoms. The fourth-order valence-electron chi connectivity index (χ4n) is 17.1. The van der Waals surface area contributed by atoms with Gasteiger partial charge in [-0.2, -0.15) is 0 Å². The van der Waals surface area contributed by atoms with Gasteiger partial charge in [0.05, 0.1) is 24.7 Å². The van der Waals surface area contributed by atoms with Crippen LogP contribution in [0.15, 0.2) is 260 Å². The smallest absolute Gasteiger partial charge is 0.0622 e. The van der Waals surface area contributed by atoms with E-state index in [-0.39, 0.29) is 128 Å². The van der Waals surface area contributed by atoms with Gasteiger partial charge in [-0.3, -0.25) is 0 Å². The molecule has 0 nitrogen and oxygen atoms in total. The Labute approximate surface area is 709 Å². The Morgan fingerprint density at radius 1 is 0.250 bits per heavy atom. The first-order valence-corrected chi connectivity index (χ1v) is 41.9. The molecule has 0 amide bonds. The predicted octanol–water partition coefficient (Wildman–Crippen LogP) is 33.7. The molecule has 0 aromatic heterocycles. The average Bonchev–Trinajstić information content (AvgIpc) is 0.768. The van der Waals surface area contributed by atoms with E-state index < -0.39 is 53.5 Å². The Hall–Kier alpha value is -8.58. The van der Waals surface area contributed by atoms with Crippen molar-refractivity contribution in [2.75, 3.05) is 0 Å². The molecule has 4 saturated carbocycles. The van der Waals surface area contributed by atoms with Gasteiger partial charge in [-0.15, -0.1) is 0 Å². The highest BCUT2D eigenvalue weighted by Crippen LogP contribution is 2.48. The lowest BCUT2D eigenvalue weighted by atomic mass is 9.70. The molecule has 11 aromatic rings. The fraction of sp³-hybridized carbons (Fsp3) is 0.411. The minimum atomic E-state index is -0.594. The van der Waals surface area contributed by atoms with Crippen LogP contribution < -0.4 is 0 Å². The standard InChI is InChI=1S/2C23H24.2C22H34.C22H22/c1-17-10-8-13-19(16-17)21-15-9-14-20(22(21)23(2,3)4)18-11-6-5-7-12-18;1-17-10-12-19(13-11-17)21-14-20(18-8-6-5-7-9-18)15-22(16-21)23(2,3)4;2*1-22(2,3)21-19(17-11-6-4-7-12-17)15-10-16-20(21)18-13-8-5-9-14-18;1-22(2,3)21-15-19(17-10-6-4-7-11-17)14-20(16-21)18-12-8-5-9-13-18/h2*5-16H,1-4H3;2*10,15-18H,4-9,11-14H2,1-3H3;4-16H,1-3H3/i5D,6D,7D,8D,10D,11D,12D,13D,16D;5D,6D,7D,8D,9D,10D,11D,12D,13D;17D,18D;;. The summed E-state index contributed by atoms with van der Waals surface area (Å²) in [5, 5.41) is 0. The van der Waals surface area contributed by atoms with Crippen LogP contribution in [-0.4, -0.2) is 0 Å². The lowest BCUT2D eigenvalue weighted by Crippen LogP contribution is -2.22. The summed E-state index contributed by atoms with van der Waals surface area (Å²) in [4.78, 5) is 0. The monoisotopic (exact) mass is 1500 g/mol. The van der Waals surface area contributed by atoms with Crippen LogP contribution in [0.4, 0.5) is 0 Å². The van der Waals surface area contributed by atoms with Crippen LogP contribution in [0.1, 0.15) is 345 Å². The summed E-state index contributed by atoms with van der Waals surface area (Å²) in [5.41, 5.74) is 18.8. The molecule has 0 heterocycles. The third kappa shape index (κ3) is 22.9. The molecule has 0 spiro atoms. The van der Waals surface area contributed by atoms with Crippen molar-refractivity contribution in [1.29, 1.82) is 0 Å². The molecule has 0 aliphatic heterocycles. The zero-order chi connectivity index (χ0) is 97.1. The molecule has 0 radical (unpaired) electrons. The van der Waals surface area contributed by atoms with Crippen LogP contribution in [0.5, 0.6) is 0 Å². The summed E-state index contributed by atoms with van der Waals surface area (Å²) in [6.45, 7) is 35.6. The molecule has 4 aliphatic rings. The molecule has 11 aromatic carbocycles. The molecule has 0 atom stereocenters. The van der Waals surface area contributed by atoms with Crippen LogP contribution in [-0.2, 0) is 27.1 Å². The predicted molar refractivity (Wildman–Crippen MR) is 491 cm³/mol. The third-order valence-corrected chi connectivity index (χ3v) is 22.7. The van der Waals surface area contributed by atoms with Crippen LogP contribution in [0.2, 0.25) is 0 Å². The second-order valence-corrected chi connectivity index (χ2v) is 36.8. The number of hydrogen-bond acceptors (Lipinski definition) is 0. The Kier molecular flexibility index (Phi) is 20.9. The maximum Gasteiger partial charge on any atom is 0.0632 e. The van der Waals surface area contributed by atoms with Gasteiger partial charge in [0.2, 0.25) is 0 Å². The topological polar surface area (TPSA) is 0 Å². The van der Waals surface area contributed by atoms with E-state index in [4.69, 9.17) is 24.7 Å². The molecule has 15 rings (SSSR count). The summed E-state index contributed by atoms with van der Waals surface area (Å²) in [6.07, 6.45) is 25.4. The van der Waals surface area contributed by atoms with Gasteiger partial charge in [-0.05, 0) is 245 Å². The van der Waals surface area contributed by atoms with Crippen molar-refractivity contribution in [2.45, 2.75) is 297 Å². The molecule has 0 bridgehead atoms. The molecule has 4 aliphatic carbocycles. The van der Waals surface area contributed by atoms with Crippen molar-refractivity contribution in [1.82, 2.24) is 0 Å². The van der Waals surface area contributed by atoms with Crippen LogP contribution in [0, 0.1) is 13.8 Å². The molecule has 0 unspecified atom stereocenters. The Balaban J connectivity index is 0.000000161. The van der Waals surface area contributed by atoms with Gasteiger partial charge in [0.15, 0.2) is 0 Å². The molecular formula is C112H138. The molecule has 586 valence electrons. The minimum Gasteiger partial charge on any atom is -0.0622 e. The van der Waals surface area contributed by atoms with Gasteiger partial charge >= 0.3 is 0 Å². The van der Waals surface area contributed by atoms with Crippen molar-refractivity contribution in [3.05, 3.63) is 322 Å². The quantitative estimate of drug-likeness (QED) is 0.128. The lowest BCUT2D eigenvalue weighted by molar-refractivity contribution is 0.420. The fourth-order valence-corrected chi connectivity index (χ4v) is 17.1. The zero-order valence-corrected chi connectivity index (χ0v) is 70.7. The van der Waals surface area contributed by atoms with Crippen molar-refractivity contribution in [3.63, 3.8) is 0 Å². The first-order valence-electron chi connectivity index (χ1n) is 51.9. The second kappa shape index (κ2) is 38.5. The van der Waals surface area contributed by atoms with E-state index >= 15 is 0 Å². The first kappa shape index (κ1) is 60.9.